The first kappa shape index (κ1) is 16.9. The molecule has 0 bridgehead atoms. The summed E-state index contributed by atoms with van der Waals surface area (Å²) in [4.78, 5) is 13.4. The van der Waals surface area contributed by atoms with Gasteiger partial charge in [-0.2, -0.15) is 0 Å². The molecule has 0 saturated carbocycles. The highest BCUT2D eigenvalue weighted by Crippen LogP contribution is 2.24. The molecule has 1 atom stereocenters. The normalized spacial score (nSPS) is 17.2. The van der Waals surface area contributed by atoms with E-state index in [4.69, 9.17) is 5.73 Å². The second-order valence-electron chi connectivity index (χ2n) is 6.64. The third-order valence-electron chi connectivity index (χ3n) is 4.80. The number of nitrogens with two attached hydrogens (primary N) is 1. The molecule has 1 aliphatic rings. The third kappa shape index (κ3) is 3.74. The van der Waals surface area contributed by atoms with Crippen molar-refractivity contribution in [3.63, 3.8) is 0 Å². The maximum Gasteiger partial charge on any atom is 0.225 e. The van der Waals surface area contributed by atoms with Gasteiger partial charge in [-0.3, -0.25) is 4.90 Å². The van der Waals surface area contributed by atoms with E-state index in [1.54, 1.807) is 12.4 Å². The minimum absolute atomic E-state index is 0.282. The molecule has 1 aromatic carbocycles. The lowest BCUT2D eigenvalue weighted by Gasteiger charge is -2.39. The molecule has 0 spiro atoms. The number of anilines is 1. The van der Waals surface area contributed by atoms with Crippen LogP contribution in [0.5, 0.6) is 0 Å². The van der Waals surface area contributed by atoms with Crippen molar-refractivity contribution in [3.8, 4) is 0 Å². The summed E-state index contributed by atoms with van der Waals surface area (Å²) in [5.74, 6) is 1.38. The van der Waals surface area contributed by atoms with E-state index in [1.807, 2.05) is 6.07 Å². The molecule has 0 radical (unpaired) electrons. The second kappa shape index (κ2) is 7.73. The monoisotopic (exact) mass is 325 g/mol. The van der Waals surface area contributed by atoms with Crippen LogP contribution in [0.15, 0.2) is 42.7 Å². The number of rotatable bonds is 5. The summed E-state index contributed by atoms with van der Waals surface area (Å²) >= 11 is 0. The molecule has 3 rings (SSSR count). The van der Waals surface area contributed by atoms with Crippen LogP contribution in [0.2, 0.25) is 0 Å². The van der Waals surface area contributed by atoms with Gasteiger partial charge in [0.1, 0.15) is 0 Å². The molecule has 128 valence electrons. The molecule has 1 unspecified atom stereocenters. The number of nitrogens with zero attached hydrogens (tertiary/aromatic N) is 4. The van der Waals surface area contributed by atoms with Crippen LogP contribution in [0.3, 0.4) is 0 Å². The number of benzene rings is 1. The maximum absolute atomic E-state index is 6.10. The van der Waals surface area contributed by atoms with Gasteiger partial charge in [0.25, 0.3) is 0 Å². The van der Waals surface area contributed by atoms with E-state index >= 15 is 0 Å². The van der Waals surface area contributed by atoms with Crippen LogP contribution in [0.4, 0.5) is 5.95 Å². The molecule has 2 heterocycles. The van der Waals surface area contributed by atoms with E-state index in [0.29, 0.717) is 12.5 Å². The Bertz CT molecular complexity index is 618. The Morgan fingerprint density at radius 3 is 2.08 bits per heavy atom. The Hall–Kier alpha value is -1.98. The third-order valence-corrected chi connectivity index (χ3v) is 4.80. The van der Waals surface area contributed by atoms with Gasteiger partial charge < -0.3 is 10.6 Å². The van der Waals surface area contributed by atoms with Crippen molar-refractivity contribution in [1.82, 2.24) is 14.9 Å². The standard InChI is InChI=1S/C19H27N5/c1-15(2)16-4-6-17(7-5-16)18(14-20)23-10-12-24(13-11-23)19-21-8-3-9-22-19/h3-9,15,18H,10-14,20H2,1-2H3. The molecule has 24 heavy (non-hydrogen) atoms. The van der Waals surface area contributed by atoms with Crippen molar-refractivity contribution >= 4 is 5.95 Å². The first-order chi connectivity index (χ1) is 11.7. The molecule has 1 fully saturated rings. The van der Waals surface area contributed by atoms with Crippen molar-refractivity contribution in [3.05, 3.63) is 53.9 Å². The molecular formula is C19H27N5. The first-order valence-electron chi connectivity index (χ1n) is 8.75. The van der Waals surface area contributed by atoms with Gasteiger partial charge in [-0.15, -0.1) is 0 Å². The van der Waals surface area contributed by atoms with Crippen LogP contribution in [0, 0.1) is 0 Å². The van der Waals surface area contributed by atoms with Crippen molar-refractivity contribution < 1.29 is 0 Å². The summed E-state index contributed by atoms with van der Waals surface area (Å²) < 4.78 is 0. The van der Waals surface area contributed by atoms with Gasteiger partial charge in [-0.25, -0.2) is 9.97 Å². The Labute approximate surface area is 144 Å². The van der Waals surface area contributed by atoms with Crippen molar-refractivity contribution in [2.45, 2.75) is 25.8 Å². The van der Waals surface area contributed by atoms with Crippen LogP contribution in [0.25, 0.3) is 0 Å². The van der Waals surface area contributed by atoms with Gasteiger partial charge in [-0.05, 0) is 23.1 Å². The molecular weight excluding hydrogens is 298 g/mol. The summed E-state index contributed by atoms with van der Waals surface area (Å²) in [5, 5.41) is 0. The average molecular weight is 325 g/mol. The van der Waals surface area contributed by atoms with E-state index in [9.17, 15) is 0 Å². The van der Waals surface area contributed by atoms with Crippen LogP contribution < -0.4 is 10.6 Å². The van der Waals surface area contributed by atoms with Crippen LogP contribution >= 0.6 is 0 Å². The Balaban J connectivity index is 1.65. The van der Waals surface area contributed by atoms with Crippen LogP contribution in [-0.2, 0) is 0 Å². The summed E-state index contributed by atoms with van der Waals surface area (Å²) in [6.45, 7) is 8.91. The topological polar surface area (TPSA) is 58.3 Å². The van der Waals surface area contributed by atoms with Crippen molar-refractivity contribution in [2.75, 3.05) is 37.6 Å². The van der Waals surface area contributed by atoms with Gasteiger partial charge in [0.2, 0.25) is 5.95 Å². The number of hydrogen-bond donors (Lipinski definition) is 1. The molecule has 0 aliphatic carbocycles. The minimum atomic E-state index is 0.282. The van der Waals surface area contributed by atoms with E-state index < -0.39 is 0 Å². The van der Waals surface area contributed by atoms with E-state index in [2.05, 4.69) is 57.9 Å². The highest BCUT2D eigenvalue weighted by atomic mass is 15.3. The van der Waals surface area contributed by atoms with Crippen molar-refractivity contribution in [2.24, 2.45) is 5.73 Å². The molecule has 0 amide bonds. The molecule has 1 aliphatic heterocycles. The Kier molecular flexibility index (Phi) is 5.43. The zero-order chi connectivity index (χ0) is 16.9. The van der Waals surface area contributed by atoms with Gasteiger partial charge in [0, 0.05) is 51.2 Å². The van der Waals surface area contributed by atoms with E-state index in [-0.39, 0.29) is 6.04 Å². The molecule has 2 N–H and O–H groups in total. The highest BCUT2D eigenvalue weighted by Gasteiger charge is 2.25. The lowest BCUT2D eigenvalue weighted by atomic mass is 9.98. The number of aromatic nitrogens is 2. The zero-order valence-electron chi connectivity index (χ0n) is 14.6. The summed E-state index contributed by atoms with van der Waals surface area (Å²) in [7, 11) is 0. The highest BCUT2D eigenvalue weighted by molar-refractivity contribution is 5.30. The van der Waals surface area contributed by atoms with Gasteiger partial charge in [-0.1, -0.05) is 38.1 Å². The Morgan fingerprint density at radius 2 is 1.54 bits per heavy atom. The molecule has 1 aromatic heterocycles. The first-order valence-corrected chi connectivity index (χ1v) is 8.75. The molecule has 2 aromatic rings. The van der Waals surface area contributed by atoms with Gasteiger partial charge in [0.05, 0.1) is 0 Å². The largest absolute Gasteiger partial charge is 0.338 e. The summed E-state index contributed by atoms with van der Waals surface area (Å²) in [6.07, 6.45) is 3.60. The maximum atomic E-state index is 6.10. The van der Waals surface area contributed by atoms with E-state index in [1.165, 1.54) is 11.1 Å². The zero-order valence-corrected chi connectivity index (χ0v) is 14.6. The second-order valence-corrected chi connectivity index (χ2v) is 6.64. The average Bonchev–Trinajstić information content (AvgIpc) is 2.64. The van der Waals surface area contributed by atoms with Gasteiger partial charge in [0.15, 0.2) is 0 Å². The number of piperazine rings is 1. The van der Waals surface area contributed by atoms with Crippen LogP contribution in [-0.4, -0.2) is 47.6 Å². The fraction of sp³-hybridized carbons (Fsp3) is 0.474. The lowest BCUT2D eigenvalue weighted by Crippen LogP contribution is -2.49. The van der Waals surface area contributed by atoms with E-state index in [0.717, 1.165) is 32.1 Å². The minimum Gasteiger partial charge on any atom is -0.338 e. The summed E-state index contributed by atoms with van der Waals surface area (Å²) in [5.41, 5.74) is 8.79. The SMILES string of the molecule is CC(C)c1ccc(C(CN)N2CCN(c3ncccn3)CC2)cc1. The predicted molar refractivity (Wildman–Crippen MR) is 98.1 cm³/mol. The fourth-order valence-corrected chi connectivity index (χ4v) is 3.29. The fourth-order valence-electron chi connectivity index (χ4n) is 3.29. The lowest BCUT2D eigenvalue weighted by molar-refractivity contribution is 0.189. The molecule has 1 saturated heterocycles. The molecule has 5 nitrogen and oxygen atoms in total. The van der Waals surface area contributed by atoms with Crippen LogP contribution in [0.1, 0.15) is 36.9 Å². The van der Waals surface area contributed by atoms with Gasteiger partial charge >= 0.3 is 0 Å². The van der Waals surface area contributed by atoms with Crippen molar-refractivity contribution in [1.29, 1.82) is 0 Å². The Morgan fingerprint density at radius 1 is 0.958 bits per heavy atom. The number of hydrogen-bond acceptors (Lipinski definition) is 5. The smallest absolute Gasteiger partial charge is 0.225 e. The predicted octanol–water partition coefficient (Wildman–Crippen LogP) is 2.42. The summed E-state index contributed by atoms with van der Waals surface area (Å²) in [6, 6.07) is 11.1. The molecule has 5 heteroatoms. The quantitative estimate of drug-likeness (QED) is 0.915.